The first-order chi connectivity index (χ1) is 11.5. The third-order valence-electron chi connectivity index (χ3n) is 4.27. The number of aromatic amines is 1. The Hall–Kier alpha value is -2.12. The highest BCUT2D eigenvalue weighted by Gasteiger charge is 2.32. The minimum absolute atomic E-state index is 0.221. The van der Waals surface area contributed by atoms with Crippen molar-refractivity contribution in [3.8, 4) is 0 Å². The Kier molecular flexibility index (Phi) is 4.73. The Morgan fingerprint density at radius 3 is 2.83 bits per heavy atom. The van der Waals surface area contributed by atoms with Crippen LogP contribution in [0.4, 0.5) is 8.78 Å². The zero-order valence-corrected chi connectivity index (χ0v) is 13.3. The molecule has 1 aromatic heterocycles. The second-order valence-electron chi connectivity index (χ2n) is 6.05. The van der Waals surface area contributed by atoms with Crippen molar-refractivity contribution in [2.45, 2.75) is 38.5 Å². The fourth-order valence-corrected chi connectivity index (χ4v) is 3.13. The molecule has 0 bridgehead atoms. The first kappa shape index (κ1) is 16.7. The minimum Gasteiger partial charge on any atom is -0.392 e. The van der Waals surface area contributed by atoms with Crippen molar-refractivity contribution < 1.29 is 13.9 Å². The van der Waals surface area contributed by atoms with Gasteiger partial charge in [0.1, 0.15) is 5.82 Å². The number of H-pyrrole nitrogens is 1. The summed E-state index contributed by atoms with van der Waals surface area (Å²) in [7, 11) is 0. The molecular weight excluding hydrogens is 316 g/mol. The lowest BCUT2D eigenvalue weighted by Gasteiger charge is -2.24. The normalized spacial score (nSPS) is 21.3. The zero-order valence-electron chi connectivity index (χ0n) is 13.3. The van der Waals surface area contributed by atoms with Gasteiger partial charge in [-0.05, 0) is 30.5 Å². The van der Waals surface area contributed by atoms with Crippen molar-refractivity contribution >= 4 is 0 Å². The summed E-state index contributed by atoms with van der Waals surface area (Å²) in [5.74, 6) is -1.31. The summed E-state index contributed by atoms with van der Waals surface area (Å²) in [4.78, 5) is 20.7. The van der Waals surface area contributed by atoms with Crippen molar-refractivity contribution in [2.24, 2.45) is 0 Å². The maximum absolute atomic E-state index is 13.5. The van der Waals surface area contributed by atoms with Gasteiger partial charge in [-0.3, -0.25) is 9.69 Å². The van der Waals surface area contributed by atoms with E-state index in [-0.39, 0.29) is 11.6 Å². The maximum Gasteiger partial charge on any atom is 0.251 e. The number of halogens is 2. The molecule has 1 saturated heterocycles. The van der Waals surface area contributed by atoms with Gasteiger partial charge in [0.15, 0.2) is 11.6 Å². The molecule has 2 aromatic rings. The van der Waals surface area contributed by atoms with E-state index in [1.165, 1.54) is 12.1 Å². The number of nitrogens with one attached hydrogen (secondary N) is 1. The number of β-amino-alcohol motifs (C(OH)–C–C–N with tert-alkyl or cyclic N) is 1. The summed E-state index contributed by atoms with van der Waals surface area (Å²) in [6, 6.07) is 4.96. The van der Waals surface area contributed by atoms with Crippen LogP contribution in [0, 0.1) is 11.6 Å². The summed E-state index contributed by atoms with van der Waals surface area (Å²) >= 11 is 0. The van der Waals surface area contributed by atoms with Gasteiger partial charge in [-0.2, -0.15) is 0 Å². The predicted molar refractivity (Wildman–Crippen MR) is 84.4 cm³/mol. The largest absolute Gasteiger partial charge is 0.392 e. The molecule has 128 valence electrons. The van der Waals surface area contributed by atoms with Crippen molar-refractivity contribution in [3.63, 3.8) is 0 Å². The Balaban J connectivity index is 1.86. The van der Waals surface area contributed by atoms with E-state index < -0.39 is 17.7 Å². The van der Waals surface area contributed by atoms with E-state index in [1.54, 1.807) is 0 Å². The maximum atomic E-state index is 13.5. The molecule has 0 radical (unpaired) electrons. The number of rotatable bonds is 4. The lowest BCUT2D eigenvalue weighted by Crippen LogP contribution is -2.27. The van der Waals surface area contributed by atoms with Gasteiger partial charge < -0.3 is 10.1 Å². The van der Waals surface area contributed by atoms with Gasteiger partial charge >= 0.3 is 0 Å². The third-order valence-corrected chi connectivity index (χ3v) is 4.27. The van der Waals surface area contributed by atoms with Crippen LogP contribution in [0.1, 0.15) is 36.5 Å². The lowest BCUT2D eigenvalue weighted by molar-refractivity contribution is 0.171. The van der Waals surface area contributed by atoms with Gasteiger partial charge in [-0.25, -0.2) is 13.8 Å². The highest BCUT2D eigenvalue weighted by atomic mass is 19.2. The van der Waals surface area contributed by atoms with Crippen molar-refractivity contribution in [2.75, 3.05) is 6.54 Å². The number of aryl methyl sites for hydroxylation is 1. The van der Waals surface area contributed by atoms with Gasteiger partial charge in [0, 0.05) is 24.3 Å². The summed E-state index contributed by atoms with van der Waals surface area (Å²) in [5.41, 5.74) is 1.07. The number of aromatic nitrogens is 2. The Morgan fingerprint density at radius 1 is 1.33 bits per heavy atom. The molecule has 0 aliphatic carbocycles. The SMILES string of the molecule is CCc1cc(=O)[nH]c(CN2C[C@H](O)C[C@@H]2c2ccc(F)c(F)c2)n1. The first-order valence-electron chi connectivity index (χ1n) is 7.92. The molecular formula is C17H19F2N3O2. The van der Waals surface area contributed by atoms with Crippen LogP contribution in [0.15, 0.2) is 29.1 Å². The lowest BCUT2D eigenvalue weighted by atomic mass is 10.0. The molecule has 0 unspecified atom stereocenters. The highest BCUT2D eigenvalue weighted by molar-refractivity contribution is 5.23. The van der Waals surface area contributed by atoms with E-state index in [1.807, 2.05) is 11.8 Å². The summed E-state index contributed by atoms with van der Waals surface area (Å²) < 4.78 is 26.7. The summed E-state index contributed by atoms with van der Waals surface area (Å²) in [5, 5.41) is 9.99. The molecule has 3 rings (SSSR count). The summed E-state index contributed by atoms with van der Waals surface area (Å²) in [6.07, 6.45) is 0.499. The average molecular weight is 335 g/mol. The number of hydrogen-bond donors (Lipinski definition) is 2. The number of hydrogen-bond acceptors (Lipinski definition) is 4. The smallest absolute Gasteiger partial charge is 0.251 e. The molecule has 1 aliphatic rings. The standard InChI is InChI=1S/C17H19F2N3O2/c1-2-11-6-17(24)21-16(20-11)9-22-8-12(23)7-15(22)10-3-4-13(18)14(19)5-10/h3-6,12,15,23H,2,7-9H2,1H3,(H,20,21,24)/t12-,15-/m1/s1. The van der Waals surface area contributed by atoms with Gasteiger partial charge in [-0.1, -0.05) is 13.0 Å². The van der Waals surface area contributed by atoms with E-state index in [0.29, 0.717) is 43.0 Å². The molecule has 2 N–H and O–H groups in total. The molecule has 0 saturated carbocycles. The van der Waals surface area contributed by atoms with Crippen LogP contribution in [0.3, 0.4) is 0 Å². The Labute approximate surface area is 138 Å². The number of likely N-dealkylation sites (tertiary alicyclic amines) is 1. The quantitative estimate of drug-likeness (QED) is 0.896. The predicted octanol–water partition coefficient (Wildman–Crippen LogP) is 1.92. The number of aliphatic hydroxyl groups is 1. The molecule has 5 nitrogen and oxygen atoms in total. The Bertz CT molecular complexity index is 794. The van der Waals surface area contributed by atoms with Crippen LogP contribution in [-0.2, 0) is 13.0 Å². The zero-order chi connectivity index (χ0) is 17.3. The molecule has 2 heterocycles. The number of benzene rings is 1. The first-order valence-corrected chi connectivity index (χ1v) is 7.92. The van der Waals surface area contributed by atoms with Gasteiger partial charge in [0.2, 0.25) is 0 Å². The van der Waals surface area contributed by atoms with Gasteiger partial charge in [0.05, 0.1) is 12.6 Å². The van der Waals surface area contributed by atoms with E-state index >= 15 is 0 Å². The Morgan fingerprint density at radius 2 is 2.12 bits per heavy atom. The average Bonchev–Trinajstić information content (AvgIpc) is 2.90. The van der Waals surface area contributed by atoms with Gasteiger partial charge in [-0.15, -0.1) is 0 Å². The van der Waals surface area contributed by atoms with Crippen molar-refractivity contribution in [1.29, 1.82) is 0 Å². The highest BCUT2D eigenvalue weighted by Crippen LogP contribution is 2.33. The van der Waals surface area contributed by atoms with Crippen molar-refractivity contribution in [3.05, 3.63) is 63.3 Å². The second kappa shape index (κ2) is 6.78. The van der Waals surface area contributed by atoms with Crippen LogP contribution < -0.4 is 5.56 Å². The minimum atomic E-state index is -0.909. The fourth-order valence-electron chi connectivity index (χ4n) is 3.13. The van der Waals surface area contributed by atoms with Crippen molar-refractivity contribution in [1.82, 2.24) is 14.9 Å². The van der Waals surface area contributed by atoms with E-state index in [2.05, 4.69) is 9.97 Å². The van der Waals surface area contributed by atoms with Crippen LogP contribution >= 0.6 is 0 Å². The van der Waals surface area contributed by atoms with E-state index in [0.717, 1.165) is 12.1 Å². The van der Waals surface area contributed by atoms with E-state index in [9.17, 15) is 18.7 Å². The van der Waals surface area contributed by atoms with E-state index in [4.69, 9.17) is 0 Å². The molecule has 1 aliphatic heterocycles. The van der Waals surface area contributed by atoms with Crippen LogP contribution in [0.5, 0.6) is 0 Å². The molecule has 24 heavy (non-hydrogen) atoms. The molecule has 0 amide bonds. The molecule has 2 atom stereocenters. The number of nitrogens with zero attached hydrogens (tertiary/aromatic N) is 2. The van der Waals surface area contributed by atoms with Crippen LogP contribution in [-0.4, -0.2) is 32.6 Å². The monoisotopic (exact) mass is 335 g/mol. The third kappa shape index (κ3) is 3.52. The van der Waals surface area contributed by atoms with Crippen LogP contribution in [0.2, 0.25) is 0 Å². The molecule has 1 aromatic carbocycles. The molecule has 1 fully saturated rings. The second-order valence-corrected chi connectivity index (χ2v) is 6.05. The molecule has 7 heteroatoms. The fraction of sp³-hybridized carbons (Fsp3) is 0.412. The molecule has 0 spiro atoms. The summed E-state index contributed by atoms with van der Waals surface area (Å²) in [6.45, 7) is 2.61. The van der Waals surface area contributed by atoms with Gasteiger partial charge in [0.25, 0.3) is 5.56 Å². The number of aliphatic hydroxyl groups excluding tert-OH is 1. The topological polar surface area (TPSA) is 69.2 Å². The van der Waals surface area contributed by atoms with Crippen LogP contribution in [0.25, 0.3) is 0 Å².